The number of aromatic hydroxyl groups is 1. The maximum Gasteiger partial charge on any atom is 0.289 e. The van der Waals surface area contributed by atoms with Crippen LogP contribution in [0, 0.1) is 10.1 Å². The minimum Gasteiger partial charge on any atom is -0.508 e. The van der Waals surface area contributed by atoms with Gasteiger partial charge in [-0.3, -0.25) is 20.0 Å². The van der Waals surface area contributed by atoms with E-state index in [1.165, 1.54) is 36.5 Å². The third-order valence-electron chi connectivity index (χ3n) is 3.45. The number of nitro benzene ring substituents is 1. The average molecular weight is 351 g/mol. The lowest BCUT2D eigenvalue weighted by molar-refractivity contribution is -0.384. The largest absolute Gasteiger partial charge is 0.508 e. The summed E-state index contributed by atoms with van der Waals surface area (Å²) in [6.45, 7) is 0. The third-order valence-corrected chi connectivity index (χ3v) is 3.45. The number of hydrazone groups is 1. The van der Waals surface area contributed by atoms with E-state index >= 15 is 0 Å². The van der Waals surface area contributed by atoms with Crippen molar-refractivity contribution in [1.82, 2.24) is 15.6 Å². The number of phenols is 1. The Hall–Kier alpha value is -4.01. The molecule has 3 rings (SSSR count). The highest BCUT2D eigenvalue weighted by Crippen LogP contribution is 2.22. The van der Waals surface area contributed by atoms with Crippen LogP contribution < -0.4 is 5.43 Å². The molecule has 0 unspecified atom stereocenters. The number of nitrogens with one attached hydrogen (secondary N) is 2. The monoisotopic (exact) mass is 351 g/mol. The Labute approximate surface area is 147 Å². The first-order valence-electron chi connectivity index (χ1n) is 7.45. The highest BCUT2D eigenvalue weighted by atomic mass is 16.6. The predicted octanol–water partition coefficient (Wildman–Crippen LogP) is 2.45. The molecule has 9 nitrogen and oxygen atoms in total. The summed E-state index contributed by atoms with van der Waals surface area (Å²) in [6.07, 6.45) is 1.43. The molecule has 0 aliphatic rings. The number of amides is 1. The molecule has 0 radical (unpaired) electrons. The zero-order valence-corrected chi connectivity index (χ0v) is 13.3. The Balaban J connectivity index is 1.69. The molecule has 0 saturated heterocycles. The molecule has 0 aliphatic carbocycles. The molecular weight excluding hydrogens is 338 g/mol. The average Bonchev–Trinajstić information content (AvgIpc) is 3.14. The Morgan fingerprint density at radius 1 is 1.23 bits per heavy atom. The number of nitro groups is 1. The molecule has 0 aliphatic heterocycles. The summed E-state index contributed by atoms with van der Waals surface area (Å²) in [5.74, 6) is -0.374. The van der Waals surface area contributed by atoms with Gasteiger partial charge in [-0.2, -0.15) is 10.2 Å². The van der Waals surface area contributed by atoms with Gasteiger partial charge >= 0.3 is 0 Å². The van der Waals surface area contributed by atoms with Crippen LogP contribution in [0.25, 0.3) is 11.3 Å². The van der Waals surface area contributed by atoms with Crippen molar-refractivity contribution >= 4 is 17.8 Å². The number of hydrogen-bond donors (Lipinski definition) is 3. The Morgan fingerprint density at radius 2 is 2.00 bits per heavy atom. The number of H-pyrrole nitrogens is 1. The van der Waals surface area contributed by atoms with Gasteiger partial charge in [-0.05, 0) is 35.9 Å². The number of aromatic amines is 1. The van der Waals surface area contributed by atoms with Gasteiger partial charge < -0.3 is 5.11 Å². The first kappa shape index (κ1) is 16.8. The summed E-state index contributed by atoms with van der Waals surface area (Å²) in [6, 6.07) is 13.7. The molecule has 0 fully saturated rings. The molecule has 1 aromatic heterocycles. The molecule has 2 aromatic carbocycles. The SMILES string of the molecule is O=C(N/N=C\c1ccc(O)cc1)c1cc(-c2cccc([N+](=O)[O-])c2)n[nH]1. The molecule has 26 heavy (non-hydrogen) atoms. The van der Waals surface area contributed by atoms with E-state index in [1.807, 2.05) is 0 Å². The zero-order chi connectivity index (χ0) is 18.5. The second-order valence-corrected chi connectivity index (χ2v) is 5.26. The summed E-state index contributed by atoms with van der Waals surface area (Å²) in [4.78, 5) is 22.4. The number of nitrogens with zero attached hydrogens (tertiary/aromatic N) is 3. The number of carbonyl (C=O) groups excluding carboxylic acids is 1. The van der Waals surface area contributed by atoms with E-state index < -0.39 is 10.8 Å². The fourth-order valence-corrected chi connectivity index (χ4v) is 2.15. The second-order valence-electron chi connectivity index (χ2n) is 5.26. The van der Waals surface area contributed by atoms with E-state index in [-0.39, 0.29) is 17.1 Å². The van der Waals surface area contributed by atoms with Crippen LogP contribution >= 0.6 is 0 Å². The Bertz CT molecular complexity index is 979. The number of rotatable bonds is 5. The fraction of sp³-hybridized carbons (Fsp3) is 0. The molecule has 130 valence electrons. The summed E-state index contributed by atoms with van der Waals surface area (Å²) >= 11 is 0. The molecule has 0 saturated carbocycles. The topological polar surface area (TPSA) is 134 Å². The van der Waals surface area contributed by atoms with Gasteiger partial charge in [0.15, 0.2) is 0 Å². The summed E-state index contributed by atoms with van der Waals surface area (Å²) in [5, 5.41) is 30.4. The van der Waals surface area contributed by atoms with Gasteiger partial charge in [-0.25, -0.2) is 5.43 Å². The maximum absolute atomic E-state index is 12.1. The number of carbonyl (C=O) groups is 1. The Kier molecular flexibility index (Phi) is 4.70. The van der Waals surface area contributed by atoms with E-state index in [0.717, 1.165) is 0 Å². The maximum atomic E-state index is 12.1. The van der Waals surface area contributed by atoms with Crippen molar-refractivity contribution in [3.63, 3.8) is 0 Å². The van der Waals surface area contributed by atoms with E-state index in [2.05, 4.69) is 20.7 Å². The molecule has 0 atom stereocenters. The molecule has 3 N–H and O–H groups in total. The lowest BCUT2D eigenvalue weighted by Gasteiger charge is -1.97. The van der Waals surface area contributed by atoms with Crippen molar-refractivity contribution in [1.29, 1.82) is 0 Å². The first-order valence-corrected chi connectivity index (χ1v) is 7.45. The Morgan fingerprint density at radius 3 is 2.73 bits per heavy atom. The van der Waals surface area contributed by atoms with Crippen LogP contribution in [0.5, 0.6) is 5.75 Å². The van der Waals surface area contributed by atoms with E-state index in [0.29, 0.717) is 16.8 Å². The normalized spacial score (nSPS) is 10.8. The van der Waals surface area contributed by atoms with E-state index in [1.54, 1.807) is 24.3 Å². The first-order chi connectivity index (χ1) is 12.5. The van der Waals surface area contributed by atoms with Gasteiger partial charge in [-0.1, -0.05) is 12.1 Å². The molecule has 3 aromatic rings. The molecular formula is C17H13N5O4. The van der Waals surface area contributed by atoms with Gasteiger partial charge in [0.25, 0.3) is 11.6 Å². The second kappa shape index (κ2) is 7.26. The smallest absolute Gasteiger partial charge is 0.289 e. The van der Waals surface area contributed by atoms with Crippen LogP contribution in [0.3, 0.4) is 0 Å². The lowest BCUT2D eigenvalue weighted by Crippen LogP contribution is -2.17. The number of hydrogen-bond acceptors (Lipinski definition) is 6. The molecule has 0 bridgehead atoms. The van der Waals surface area contributed by atoms with Gasteiger partial charge in [-0.15, -0.1) is 0 Å². The third kappa shape index (κ3) is 3.90. The number of non-ortho nitro benzene ring substituents is 1. The lowest BCUT2D eigenvalue weighted by atomic mass is 10.1. The molecule has 1 amide bonds. The summed E-state index contributed by atoms with van der Waals surface area (Å²) < 4.78 is 0. The predicted molar refractivity (Wildman–Crippen MR) is 93.8 cm³/mol. The molecule has 9 heteroatoms. The van der Waals surface area contributed by atoms with Crippen molar-refractivity contribution in [2.24, 2.45) is 5.10 Å². The van der Waals surface area contributed by atoms with E-state index in [9.17, 15) is 20.0 Å². The van der Waals surface area contributed by atoms with Crippen molar-refractivity contribution in [2.45, 2.75) is 0 Å². The van der Waals surface area contributed by atoms with Crippen LogP contribution in [0.1, 0.15) is 16.1 Å². The summed E-state index contributed by atoms with van der Waals surface area (Å²) in [5.41, 5.74) is 4.07. The van der Waals surface area contributed by atoms with Crippen LogP contribution in [-0.2, 0) is 0 Å². The minimum atomic E-state index is -0.510. The summed E-state index contributed by atoms with van der Waals surface area (Å²) in [7, 11) is 0. The molecule has 0 spiro atoms. The van der Waals surface area contributed by atoms with Crippen molar-refractivity contribution < 1.29 is 14.8 Å². The van der Waals surface area contributed by atoms with Crippen LogP contribution in [0.15, 0.2) is 59.7 Å². The molecule has 1 heterocycles. The van der Waals surface area contributed by atoms with Crippen molar-refractivity contribution in [3.8, 4) is 17.0 Å². The number of benzene rings is 2. The number of phenolic OH excluding ortho intramolecular Hbond substituents is 1. The van der Waals surface area contributed by atoms with Gasteiger partial charge in [0.2, 0.25) is 0 Å². The highest BCUT2D eigenvalue weighted by molar-refractivity contribution is 5.94. The van der Waals surface area contributed by atoms with Crippen LogP contribution in [0.4, 0.5) is 5.69 Å². The highest BCUT2D eigenvalue weighted by Gasteiger charge is 2.13. The van der Waals surface area contributed by atoms with Crippen molar-refractivity contribution in [3.05, 3.63) is 76.0 Å². The van der Waals surface area contributed by atoms with Crippen molar-refractivity contribution in [2.75, 3.05) is 0 Å². The van der Waals surface area contributed by atoms with Gasteiger partial charge in [0.05, 0.1) is 16.8 Å². The van der Waals surface area contributed by atoms with Crippen LogP contribution in [0.2, 0.25) is 0 Å². The zero-order valence-electron chi connectivity index (χ0n) is 13.3. The fourth-order valence-electron chi connectivity index (χ4n) is 2.15. The standard InChI is InChI=1S/C17H13N5O4/c23-14-6-4-11(5-7-14)10-18-21-17(24)16-9-15(19-20-16)12-2-1-3-13(8-12)22(25)26/h1-10,23H,(H,19,20)(H,21,24)/b18-10-. The minimum absolute atomic E-state index is 0.0602. The van der Waals surface area contributed by atoms with E-state index in [4.69, 9.17) is 0 Å². The van der Waals surface area contributed by atoms with Crippen LogP contribution in [-0.4, -0.2) is 32.3 Å². The van der Waals surface area contributed by atoms with Gasteiger partial charge in [0, 0.05) is 17.7 Å². The van der Waals surface area contributed by atoms with Gasteiger partial charge in [0.1, 0.15) is 11.4 Å². The quantitative estimate of drug-likeness (QED) is 0.369. The number of aromatic nitrogens is 2.